The Morgan fingerprint density at radius 3 is 2.07 bits per heavy atom. The van der Waals surface area contributed by atoms with E-state index in [-0.39, 0.29) is 0 Å². The zero-order valence-electron chi connectivity index (χ0n) is 8.49. The third kappa shape index (κ3) is 2.90. The van der Waals surface area contributed by atoms with Crippen molar-refractivity contribution in [3.63, 3.8) is 0 Å². The van der Waals surface area contributed by atoms with Gasteiger partial charge in [0.2, 0.25) is 0 Å². The molecule has 1 aliphatic carbocycles. The van der Waals surface area contributed by atoms with Gasteiger partial charge in [0.1, 0.15) is 0 Å². The van der Waals surface area contributed by atoms with E-state index < -0.39 is 0 Å². The Morgan fingerprint density at radius 2 is 1.47 bits per heavy atom. The maximum atomic E-state index is 5.44. The second kappa shape index (κ2) is 5.08. The molecular weight excluding hydrogens is 208 g/mol. The molecule has 0 amide bonds. The first-order valence-corrected chi connectivity index (χ1v) is 5.50. The Balaban J connectivity index is 2.05. The fraction of sp³-hybridized carbons (Fsp3) is 0.333. The average Bonchev–Trinajstić information content (AvgIpc) is 2.31. The van der Waals surface area contributed by atoms with Gasteiger partial charge in [0.15, 0.2) is 0 Å². The molecule has 0 bridgehead atoms. The second-order valence-corrected chi connectivity index (χ2v) is 3.83. The SMILES string of the molecule is ClN=C1CCC(=Nc2ccccc2)CC1. The minimum atomic E-state index is 0.954. The molecule has 0 radical (unpaired) electrons. The molecule has 3 heteroatoms. The summed E-state index contributed by atoms with van der Waals surface area (Å²) >= 11 is 5.44. The highest BCUT2D eigenvalue weighted by molar-refractivity contribution is 6.20. The summed E-state index contributed by atoms with van der Waals surface area (Å²) in [6.45, 7) is 0. The van der Waals surface area contributed by atoms with Crippen LogP contribution in [0.15, 0.2) is 39.8 Å². The number of benzene rings is 1. The number of hydrogen-bond acceptors (Lipinski definition) is 2. The van der Waals surface area contributed by atoms with Crippen LogP contribution in [0, 0.1) is 0 Å². The minimum absolute atomic E-state index is 0.954. The van der Waals surface area contributed by atoms with Crippen LogP contribution in [0.4, 0.5) is 5.69 Å². The molecule has 1 aromatic carbocycles. The number of halogens is 1. The molecule has 0 N–H and O–H groups in total. The summed E-state index contributed by atoms with van der Waals surface area (Å²) in [6, 6.07) is 10.1. The Labute approximate surface area is 94.8 Å². The van der Waals surface area contributed by atoms with Crippen molar-refractivity contribution < 1.29 is 0 Å². The molecule has 0 atom stereocenters. The van der Waals surface area contributed by atoms with Crippen LogP contribution in [-0.2, 0) is 0 Å². The van der Waals surface area contributed by atoms with E-state index >= 15 is 0 Å². The highest BCUT2D eigenvalue weighted by Crippen LogP contribution is 2.18. The van der Waals surface area contributed by atoms with Gasteiger partial charge in [0.25, 0.3) is 0 Å². The lowest BCUT2D eigenvalue weighted by Crippen LogP contribution is -2.12. The van der Waals surface area contributed by atoms with Gasteiger partial charge in [-0.05, 0) is 37.8 Å². The van der Waals surface area contributed by atoms with E-state index in [4.69, 9.17) is 11.8 Å². The maximum Gasteiger partial charge on any atom is 0.0629 e. The van der Waals surface area contributed by atoms with Crippen molar-refractivity contribution in [2.45, 2.75) is 25.7 Å². The summed E-state index contributed by atoms with van der Waals surface area (Å²) in [6.07, 6.45) is 3.88. The first-order valence-electron chi connectivity index (χ1n) is 5.16. The van der Waals surface area contributed by atoms with Crippen LogP contribution in [0.2, 0.25) is 0 Å². The van der Waals surface area contributed by atoms with E-state index in [1.165, 1.54) is 5.71 Å². The van der Waals surface area contributed by atoms with Gasteiger partial charge in [0.05, 0.1) is 5.69 Å². The van der Waals surface area contributed by atoms with Crippen molar-refractivity contribution in [2.24, 2.45) is 9.50 Å². The quantitative estimate of drug-likeness (QED) is 0.685. The second-order valence-electron chi connectivity index (χ2n) is 3.66. The molecule has 2 rings (SSSR count). The Bertz CT molecular complexity index is 370. The molecule has 78 valence electrons. The van der Waals surface area contributed by atoms with Gasteiger partial charge in [-0.15, -0.1) is 0 Å². The van der Waals surface area contributed by atoms with Crippen LogP contribution >= 0.6 is 11.8 Å². The third-order valence-electron chi connectivity index (χ3n) is 2.57. The van der Waals surface area contributed by atoms with Crippen molar-refractivity contribution in [1.29, 1.82) is 0 Å². The predicted octanol–water partition coefficient (Wildman–Crippen LogP) is 3.93. The number of nitrogens with zero attached hydrogens (tertiary/aromatic N) is 2. The highest BCUT2D eigenvalue weighted by atomic mass is 35.5. The monoisotopic (exact) mass is 220 g/mol. The summed E-state index contributed by atoms with van der Waals surface area (Å²) in [5.41, 5.74) is 3.40. The summed E-state index contributed by atoms with van der Waals surface area (Å²) in [5, 5.41) is 0. The van der Waals surface area contributed by atoms with Crippen LogP contribution < -0.4 is 0 Å². The van der Waals surface area contributed by atoms with Crippen molar-refractivity contribution in [1.82, 2.24) is 0 Å². The molecule has 2 nitrogen and oxygen atoms in total. The summed E-state index contributed by atoms with van der Waals surface area (Å²) < 4.78 is 3.72. The van der Waals surface area contributed by atoms with E-state index in [1.807, 2.05) is 30.3 Å². The first-order chi connectivity index (χ1) is 7.38. The number of hydrogen-bond donors (Lipinski definition) is 0. The molecule has 0 heterocycles. The molecule has 0 saturated heterocycles. The lowest BCUT2D eigenvalue weighted by Gasteiger charge is -2.13. The van der Waals surface area contributed by atoms with Crippen molar-refractivity contribution in [3.8, 4) is 0 Å². The minimum Gasteiger partial charge on any atom is -0.258 e. The Hall–Kier alpha value is -1.15. The molecular formula is C12H13ClN2. The highest BCUT2D eigenvalue weighted by Gasteiger charge is 2.12. The third-order valence-corrected chi connectivity index (χ3v) is 2.81. The van der Waals surface area contributed by atoms with E-state index in [2.05, 4.69) is 9.50 Å². The standard InChI is InChI=1S/C12H13ClN2/c13-15-12-8-6-11(7-9-12)14-10-4-2-1-3-5-10/h1-5H,6-9H2. The molecule has 0 spiro atoms. The van der Waals surface area contributed by atoms with Crippen LogP contribution in [0.5, 0.6) is 0 Å². The Morgan fingerprint density at radius 1 is 0.867 bits per heavy atom. The molecule has 0 aromatic heterocycles. The molecule has 1 saturated carbocycles. The van der Waals surface area contributed by atoms with Crippen LogP contribution in [0.3, 0.4) is 0 Å². The predicted molar refractivity (Wildman–Crippen MR) is 65.3 cm³/mol. The fourth-order valence-corrected chi connectivity index (χ4v) is 1.88. The number of aliphatic imine (C=N–C) groups is 1. The van der Waals surface area contributed by atoms with Crippen LogP contribution in [-0.4, -0.2) is 11.4 Å². The lowest BCUT2D eigenvalue weighted by atomic mass is 9.96. The van der Waals surface area contributed by atoms with Gasteiger partial charge in [0, 0.05) is 23.2 Å². The lowest BCUT2D eigenvalue weighted by molar-refractivity contribution is 0.952. The summed E-state index contributed by atoms with van der Waals surface area (Å²) in [7, 11) is 0. The molecule has 1 aliphatic rings. The van der Waals surface area contributed by atoms with Gasteiger partial charge in [-0.2, -0.15) is 4.51 Å². The van der Waals surface area contributed by atoms with Crippen molar-refractivity contribution in [2.75, 3.05) is 0 Å². The topological polar surface area (TPSA) is 24.7 Å². The van der Waals surface area contributed by atoms with E-state index in [1.54, 1.807) is 0 Å². The van der Waals surface area contributed by atoms with E-state index in [0.29, 0.717) is 0 Å². The smallest absolute Gasteiger partial charge is 0.0629 e. The van der Waals surface area contributed by atoms with Crippen LogP contribution in [0.1, 0.15) is 25.7 Å². The normalized spacial score (nSPS) is 16.3. The Kier molecular flexibility index (Phi) is 3.51. The van der Waals surface area contributed by atoms with Gasteiger partial charge in [-0.25, -0.2) is 0 Å². The molecule has 1 aromatic rings. The van der Waals surface area contributed by atoms with Gasteiger partial charge < -0.3 is 0 Å². The zero-order valence-corrected chi connectivity index (χ0v) is 9.24. The maximum absolute atomic E-state index is 5.44. The molecule has 15 heavy (non-hydrogen) atoms. The van der Waals surface area contributed by atoms with Crippen molar-refractivity contribution in [3.05, 3.63) is 30.3 Å². The van der Waals surface area contributed by atoms with Crippen molar-refractivity contribution >= 4 is 28.9 Å². The van der Waals surface area contributed by atoms with Gasteiger partial charge in [-0.1, -0.05) is 18.2 Å². The van der Waals surface area contributed by atoms with E-state index in [9.17, 15) is 0 Å². The fourth-order valence-electron chi connectivity index (χ4n) is 1.71. The molecule has 0 aliphatic heterocycles. The van der Waals surface area contributed by atoms with E-state index in [0.717, 1.165) is 37.1 Å². The van der Waals surface area contributed by atoms with Gasteiger partial charge >= 0.3 is 0 Å². The largest absolute Gasteiger partial charge is 0.258 e. The zero-order chi connectivity index (χ0) is 10.5. The summed E-state index contributed by atoms with van der Waals surface area (Å²) in [4.78, 5) is 4.61. The summed E-state index contributed by atoms with van der Waals surface area (Å²) in [5.74, 6) is 0. The molecule has 1 fully saturated rings. The van der Waals surface area contributed by atoms with Crippen LogP contribution in [0.25, 0.3) is 0 Å². The average molecular weight is 221 g/mol. The first kappa shape index (κ1) is 10.4. The van der Waals surface area contributed by atoms with Gasteiger partial charge in [-0.3, -0.25) is 4.99 Å². The molecule has 0 unspecified atom stereocenters. The number of para-hydroxylation sites is 1. The number of rotatable bonds is 1.